The second-order valence-corrected chi connectivity index (χ2v) is 8.13. The Morgan fingerprint density at radius 1 is 1.00 bits per heavy atom. The molecule has 1 aromatic heterocycles. The maximum absolute atomic E-state index is 13.6. The SMILES string of the molecule is COc1cc(C)c(S(=O)(=O)N(Cc2cccnc2)c2ccccc2)cc1C. The number of sulfonamides is 1. The maximum Gasteiger partial charge on any atom is 0.264 e. The standard InChI is InChI=1S/C21H22N2O3S/c1-16-13-21(17(2)12-20(16)26-3)27(24,25)23(19-9-5-4-6-10-19)15-18-8-7-11-22-14-18/h4-14H,15H2,1-3H3. The van der Waals surface area contributed by atoms with Crippen LogP contribution in [0.2, 0.25) is 0 Å². The molecule has 0 unspecified atom stereocenters. The third kappa shape index (κ3) is 3.95. The molecule has 0 aliphatic rings. The van der Waals surface area contributed by atoms with Gasteiger partial charge in [0.2, 0.25) is 0 Å². The van der Waals surface area contributed by atoms with Crippen molar-refractivity contribution in [3.05, 3.63) is 83.7 Å². The number of aryl methyl sites for hydroxylation is 2. The van der Waals surface area contributed by atoms with Crippen molar-refractivity contribution in [3.63, 3.8) is 0 Å². The Bertz CT molecular complexity index is 1020. The fraction of sp³-hybridized carbons (Fsp3) is 0.190. The van der Waals surface area contributed by atoms with Crippen LogP contribution < -0.4 is 9.04 Å². The molecule has 27 heavy (non-hydrogen) atoms. The van der Waals surface area contributed by atoms with E-state index in [1.54, 1.807) is 56.8 Å². The van der Waals surface area contributed by atoms with Crippen LogP contribution in [0.5, 0.6) is 5.75 Å². The molecule has 0 bridgehead atoms. The number of aromatic nitrogens is 1. The first-order valence-electron chi connectivity index (χ1n) is 8.55. The lowest BCUT2D eigenvalue weighted by Gasteiger charge is -2.26. The minimum absolute atomic E-state index is 0.199. The fourth-order valence-electron chi connectivity index (χ4n) is 2.95. The van der Waals surface area contributed by atoms with Crippen LogP contribution in [-0.4, -0.2) is 20.5 Å². The summed E-state index contributed by atoms with van der Waals surface area (Å²) in [5, 5.41) is 0. The second-order valence-electron chi connectivity index (χ2n) is 6.30. The van der Waals surface area contributed by atoms with Crippen molar-refractivity contribution in [2.45, 2.75) is 25.3 Å². The van der Waals surface area contributed by atoms with Gasteiger partial charge in [0.15, 0.2) is 0 Å². The monoisotopic (exact) mass is 382 g/mol. The maximum atomic E-state index is 13.6. The number of pyridine rings is 1. The molecule has 140 valence electrons. The van der Waals surface area contributed by atoms with Crippen LogP contribution in [0, 0.1) is 13.8 Å². The zero-order valence-corrected chi connectivity index (χ0v) is 16.4. The highest BCUT2D eigenvalue weighted by Gasteiger charge is 2.27. The molecule has 1 heterocycles. The molecule has 0 amide bonds. The van der Waals surface area contributed by atoms with Gasteiger partial charge in [-0.25, -0.2) is 8.42 Å². The van der Waals surface area contributed by atoms with Crippen LogP contribution in [-0.2, 0) is 16.6 Å². The lowest BCUT2D eigenvalue weighted by Crippen LogP contribution is -2.31. The third-order valence-electron chi connectivity index (χ3n) is 4.35. The molecule has 0 aliphatic carbocycles. The first-order valence-corrected chi connectivity index (χ1v) is 9.99. The smallest absolute Gasteiger partial charge is 0.264 e. The van der Waals surface area contributed by atoms with Crippen molar-refractivity contribution in [1.29, 1.82) is 0 Å². The summed E-state index contributed by atoms with van der Waals surface area (Å²) in [6, 6.07) is 16.2. The van der Waals surface area contributed by atoms with Crippen LogP contribution in [0.3, 0.4) is 0 Å². The highest BCUT2D eigenvalue weighted by atomic mass is 32.2. The lowest BCUT2D eigenvalue weighted by molar-refractivity contribution is 0.411. The minimum Gasteiger partial charge on any atom is -0.496 e. The predicted molar refractivity (Wildman–Crippen MR) is 107 cm³/mol. The molecule has 0 fully saturated rings. The Kier molecular flexibility index (Phi) is 5.46. The van der Waals surface area contributed by atoms with E-state index in [1.165, 1.54) is 4.31 Å². The summed E-state index contributed by atoms with van der Waals surface area (Å²) in [7, 11) is -2.20. The molecule has 3 aromatic rings. The van der Waals surface area contributed by atoms with Crippen molar-refractivity contribution in [1.82, 2.24) is 4.98 Å². The van der Waals surface area contributed by atoms with E-state index < -0.39 is 10.0 Å². The summed E-state index contributed by atoms with van der Waals surface area (Å²) < 4.78 is 33.9. The van der Waals surface area contributed by atoms with Gasteiger partial charge in [-0.15, -0.1) is 0 Å². The van der Waals surface area contributed by atoms with Gasteiger partial charge in [-0.2, -0.15) is 0 Å². The van der Waals surface area contributed by atoms with E-state index in [9.17, 15) is 8.42 Å². The average molecular weight is 382 g/mol. The van der Waals surface area contributed by atoms with E-state index in [0.717, 1.165) is 11.1 Å². The van der Waals surface area contributed by atoms with Crippen molar-refractivity contribution >= 4 is 15.7 Å². The average Bonchev–Trinajstić information content (AvgIpc) is 2.68. The summed E-state index contributed by atoms with van der Waals surface area (Å²) in [6.45, 7) is 3.82. The highest BCUT2D eigenvalue weighted by molar-refractivity contribution is 7.92. The van der Waals surface area contributed by atoms with Gasteiger partial charge in [-0.1, -0.05) is 24.3 Å². The quantitative estimate of drug-likeness (QED) is 0.644. The summed E-state index contributed by atoms with van der Waals surface area (Å²) in [5.41, 5.74) is 2.84. The largest absolute Gasteiger partial charge is 0.496 e. The topological polar surface area (TPSA) is 59.5 Å². The zero-order chi connectivity index (χ0) is 19.4. The summed E-state index contributed by atoms with van der Waals surface area (Å²) in [6.07, 6.45) is 3.35. The van der Waals surface area contributed by atoms with E-state index in [1.807, 2.05) is 31.2 Å². The normalized spacial score (nSPS) is 11.2. The number of methoxy groups -OCH3 is 1. The molecule has 0 spiro atoms. The van der Waals surface area contributed by atoms with E-state index in [-0.39, 0.29) is 11.4 Å². The number of nitrogens with zero attached hydrogens (tertiary/aromatic N) is 2. The van der Waals surface area contributed by atoms with Crippen LogP contribution in [0.15, 0.2) is 71.9 Å². The molecule has 0 N–H and O–H groups in total. The third-order valence-corrected chi connectivity index (χ3v) is 6.27. The summed E-state index contributed by atoms with van der Waals surface area (Å²) in [5.74, 6) is 0.671. The first-order chi connectivity index (χ1) is 12.9. The number of benzene rings is 2. The number of hydrogen-bond donors (Lipinski definition) is 0. The highest BCUT2D eigenvalue weighted by Crippen LogP contribution is 2.31. The molecule has 6 heteroatoms. The zero-order valence-electron chi connectivity index (χ0n) is 15.6. The van der Waals surface area contributed by atoms with Gasteiger partial charge in [0.05, 0.1) is 24.2 Å². The first kappa shape index (κ1) is 18.9. The van der Waals surface area contributed by atoms with Crippen molar-refractivity contribution in [2.24, 2.45) is 0 Å². The van der Waals surface area contributed by atoms with Gasteiger partial charge in [-0.3, -0.25) is 9.29 Å². The molecule has 0 atom stereocenters. The lowest BCUT2D eigenvalue weighted by atomic mass is 10.1. The molecular formula is C21H22N2O3S. The number of ether oxygens (including phenoxy) is 1. The Hall–Kier alpha value is -2.86. The number of hydrogen-bond acceptors (Lipinski definition) is 4. The van der Waals surface area contributed by atoms with E-state index in [0.29, 0.717) is 17.0 Å². The predicted octanol–water partition coefficient (Wildman–Crippen LogP) is 4.10. The second kappa shape index (κ2) is 7.80. The molecule has 0 saturated heterocycles. The van der Waals surface area contributed by atoms with E-state index in [2.05, 4.69) is 4.98 Å². The Labute approximate surface area is 160 Å². The van der Waals surface area contributed by atoms with Gasteiger partial charge in [0.1, 0.15) is 5.75 Å². The molecule has 0 radical (unpaired) electrons. The molecular weight excluding hydrogens is 360 g/mol. The van der Waals surface area contributed by atoms with E-state index >= 15 is 0 Å². The van der Waals surface area contributed by atoms with Crippen LogP contribution >= 0.6 is 0 Å². The molecule has 0 aliphatic heterocycles. The van der Waals surface area contributed by atoms with Gasteiger partial charge in [-0.05, 0) is 60.9 Å². The fourth-order valence-corrected chi connectivity index (χ4v) is 4.69. The summed E-state index contributed by atoms with van der Waals surface area (Å²) in [4.78, 5) is 4.37. The number of para-hydroxylation sites is 1. The molecule has 0 saturated carbocycles. The Balaban J connectivity index is 2.12. The van der Waals surface area contributed by atoms with Gasteiger partial charge in [0.25, 0.3) is 10.0 Å². The molecule has 3 rings (SSSR count). The van der Waals surface area contributed by atoms with Gasteiger partial charge >= 0.3 is 0 Å². The molecule has 5 nitrogen and oxygen atoms in total. The van der Waals surface area contributed by atoms with Crippen LogP contribution in [0.4, 0.5) is 5.69 Å². The number of rotatable bonds is 6. The van der Waals surface area contributed by atoms with Crippen molar-refractivity contribution in [2.75, 3.05) is 11.4 Å². The Morgan fingerprint density at radius 3 is 2.37 bits per heavy atom. The van der Waals surface area contributed by atoms with Crippen LogP contribution in [0.25, 0.3) is 0 Å². The molecule has 2 aromatic carbocycles. The minimum atomic E-state index is -3.78. The number of anilines is 1. The van der Waals surface area contributed by atoms with E-state index in [4.69, 9.17) is 4.74 Å². The van der Waals surface area contributed by atoms with Gasteiger partial charge < -0.3 is 4.74 Å². The summed E-state index contributed by atoms with van der Waals surface area (Å²) >= 11 is 0. The van der Waals surface area contributed by atoms with Crippen LogP contribution in [0.1, 0.15) is 16.7 Å². The Morgan fingerprint density at radius 2 is 1.74 bits per heavy atom. The van der Waals surface area contributed by atoms with Crippen molar-refractivity contribution in [3.8, 4) is 5.75 Å². The van der Waals surface area contributed by atoms with Gasteiger partial charge in [0, 0.05) is 12.4 Å². The van der Waals surface area contributed by atoms with Crippen molar-refractivity contribution < 1.29 is 13.2 Å².